The molecule has 0 aromatic heterocycles. The molecule has 0 heterocycles. The lowest BCUT2D eigenvalue weighted by molar-refractivity contribution is -0.172. The number of hydrogen-bond donors (Lipinski definition) is 0. The third-order valence-corrected chi connectivity index (χ3v) is 14.0. The number of carbonyl (C=O) groups excluding carboxylic acids is 2. The van der Waals surface area contributed by atoms with E-state index in [4.69, 9.17) is 18.9 Å². The maximum atomic E-state index is 13.3. The first-order valence-electron chi connectivity index (χ1n) is 18.8. The van der Waals surface area contributed by atoms with Crippen LogP contribution in [0.2, 0.25) is 0 Å². The molecule has 0 amide bonds. The molecule has 8 bridgehead atoms. The summed E-state index contributed by atoms with van der Waals surface area (Å²) >= 11 is 0. The zero-order chi connectivity index (χ0) is 32.6. The van der Waals surface area contributed by atoms with E-state index >= 15 is 0 Å². The summed E-state index contributed by atoms with van der Waals surface area (Å²) in [5.41, 5.74) is 0.272. The van der Waals surface area contributed by atoms with Crippen molar-refractivity contribution in [3.63, 3.8) is 0 Å². The van der Waals surface area contributed by atoms with Crippen molar-refractivity contribution >= 4 is 33.5 Å². The van der Waals surface area contributed by atoms with E-state index < -0.39 is 0 Å². The molecule has 3 aromatic rings. The Labute approximate surface area is 284 Å². The van der Waals surface area contributed by atoms with Gasteiger partial charge in [0.25, 0.3) is 0 Å². The predicted molar refractivity (Wildman–Crippen MR) is 185 cm³/mol. The standard InChI is InChI=1S/C42H50O6/c1-25(41-17-27-11-28(18-41)13-29(12-27)19-41)47-37(43)23-45-39-33-7-3-5-9-35(33)40(36-10-6-4-8-34(36)39)46-24-38(44)48-26(2)42-20-30-14-31(21-42)16-32(15-30)22-42/h3-10,25-32H,11-24H2,1-2H3. The van der Waals surface area contributed by atoms with Gasteiger partial charge in [0.05, 0.1) is 0 Å². The van der Waals surface area contributed by atoms with Gasteiger partial charge in [-0.25, -0.2) is 9.59 Å². The van der Waals surface area contributed by atoms with Gasteiger partial charge in [0.1, 0.15) is 23.7 Å². The van der Waals surface area contributed by atoms with Crippen LogP contribution in [0.5, 0.6) is 11.5 Å². The summed E-state index contributed by atoms with van der Waals surface area (Å²) in [5, 5.41) is 3.35. The maximum Gasteiger partial charge on any atom is 0.344 e. The molecule has 0 radical (unpaired) electrons. The smallest absolute Gasteiger partial charge is 0.344 e. The molecule has 2 atom stereocenters. The molecule has 48 heavy (non-hydrogen) atoms. The number of rotatable bonds is 10. The van der Waals surface area contributed by atoms with Crippen LogP contribution in [0.4, 0.5) is 0 Å². The Bertz CT molecular complexity index is 1490. The van der Waals surface area contributed by atoms with E-state index in [1.165, 1.54) is 77.0 Å². The molecular weight excluding hydrogens is 600 g/mol. The van der Waals surface area contributed by atoms with Crippen molar-refractivity contribution in [3.8, 4) is 11.5 Å². The minimum absolute atomic E-state index is 0.100. The Morgan fingerprint density at radius 2 is 0.812 bits per heavy atom. The minimum atomic E-state index is -0.317. The van der Waals surface area contributed by atoms with Gasteiger partial charge >= 0.3 is 11.9 Å². The van der Waals surface area contributed by atoms with Gasteiger partial charge in [-0.2, -0.15) is 0 Å². The van der Waals surface area contributed by atoms with Crippen LogP contribution in [0.3, 0.4) is 0 Å². The summed E-state index contributed by atoms with van der Waals surface area (Å²) in [6.45, 7) is 3.91. The monoisotopic (exact) mass is 650 g/mol. The van der Waals surface area contributed by atoms with Crippen LogP contribution < -0.4 is 9.47 Å². The third-order valence-electron chi connectivity index (χ3n) is 14.0. The number of esters is 2. The number of carbonyl (C=O) groups is 2. The molecule has 6 nitrogen and oxygen atoms in total. The van der Waals surface area contributed by atoms with E-state index in [-0.39, 0.29) is 48.2 Å². The fourth-order valence-electron chi connectivity index (χ4n) is 12.7. The van der Waals surface area contributed by atoms with Gasteiger partial charge in [-0.05, 0) is 126 Å². The highest BCUT2D eigenvalue weighted by atomic mass is 16.6. The van der Waals surface area contributed by atoms with Crippen molar-refractivity contribution < 1.29 is 28.5 Å². The first-order chi connectivity index (χ1) is 23.3. The topological polar surface area (TPSA) is 71.1 Å². The van der Waals surface area contributed by atoms with Gasteiger partial charge in [-0.1, -0.05) is 48.5 Å². The number of ether oxygens (including phenoxy) is 4. The Morgan fingerprint density at radius 1 is 0.542 bits per heavy atom. The maximum absolute atomic E-state index is 13.3. The van der Waals surface area contributed by atoms with Gasteiger partial charge < -0.3 is 18.9 Å². The molecule has 0 saturated heterocycles. The summed E-state index contributed by atoms with van der Waals surface area (Å²) in [6, 6.07) is 15.8. The lowest BCUT2D eigenvalue weighted by Gasteiger charge is -2.58. The number of fused-ring (bicyclic) bond motifs is 2. The average molecular weight is 651 g/mol. The van der Waals surface area contributed by atoms with E-state index in [1.807, 2.05) is 48.5 Å². The second kappa shape index (κ2) is 11.7. The summed E-state index contributed by atoms with van der Waals surface area (Å²) in [7, 11) is 0. The van der Waals surface area contributed by atoms with Gasteiger partial charge in [-0.15, -0.1) is 0 Å². The van der Waals surface area contributed by atoms with Gasteiger partial charge in [0.2, 0.25) is 0 Å². The Balaban J connectivity index is 0.901. The van der Waals surface area contributed by atoms with Crippen LogP contribution >= 0.6 is 0 Å². The first-order valence-corrected chi connectivity index (χ1v) is 18.8. The van der Waals surface area contributed by atoms with Crippen LogP contribution in [0.25, 0.3) is 21.5 Å². The van der Waals surface area contributed by atoms with E-state index in [9.17, 15) is 9.59 Å². The predicted octanol–water partition coefficient (Wildman–Crippen LogP) is 9.05. The highest BCUT2D eigenvalue weighted by molar-refractivity contribution is 6.11. The Hall–Kier alpha value is -3.28. The van der Waals surface area contributed by atoms with Crippen molar-refractivity contribution in [2.75, 3.05) is 13.2 Å². The van der Waals surface area contributed by atoms with E-state index in [2.05, 4.69) is 13.8 Å². The highest BCUT2D eigenvalue weighted by Crippen LogP contribution is 2.63. The zero-order valence-corrected chi connectivity index (χ0v) is 28.6. The lowest BCUT2D eigenvalue weighted by Crippen LogP contribution is -2.52. The molecule has 0 N–H and O–H groups in total. The molecule has 0 aliphatic heterocycles. The molecule has 2 unspecified atom stereocenters. The molecule has 8 aliphatic rings. The summed E-state index contributed by atoms with van der Waals surface area (Å²) in [6.07, 6.45) is 15.2. The summed E-state index contributed by atoms with van der Waals surface area (Å²) in [5.74, 6) is 5.46. The largest absolute Gasteiger partial charge is 0.481 e. The third kappa shape index (κ3) is 5.28. The average Bonchev–Trinajstić information content (AvgIpc) is 3.05. The lowest BCUT2D eigenvalue weighted by atomic mass is 9.48. The van der Waals surface area contributed by atoms with E-state index in [0.29, 0.717) is 11.5 Å². The van der Waals surface area contributed by atoms with Crippen LogP contribution in [0, 0.1) is 46.3 Å². The molecule has 8 fully saturated rings. The van der Waals surface area contributed by atoms with Crippen LogP contribution in [-0.4, -0.2) is 37.4 Å². The van der Waals surface area contributed by atoms with Crippen molar-refractivity contribution in [3.05, 3.63) is 48.5 Å². The summed E-state index contributed by atoms with van der Waals surface area (Å²) in [4.78, 5) is 26.6. The Kier molecular flexibility index (Phi) is 7.47. The second-order valence-electron chi connectivity index (χ2n) is 17.2. The van der Waals surface area contributed by atoms with Crippen LogP contribution in [0.15, 0.2) is 48.5 Å². The van der Waals surface area contributed by atoms with Crippen molar-refractivity contribution in [1.82, 2.24) is 0 Å². The summed E-state index contributed by atoms with van der Waals surface area (Å²) < 4.78 is 25.0. The fourth-order valence-corrected chi connectivity index (χ4v) is 12.7. The number of benzene rings is 3. The molecule has 3 aromatic carbocycles. The van der Waals surface area contributed by atoms with Crippen LogP contribution in [-0.2, 0) is 19.1 Å². The minimum Gasteiger partial charge on any atom is -0.481 e. The van der Waals surface area contributed by atoms with Gasteiger partial charge in [-0.3, -0.25) is 0 Å². The fraction of sp³-hybridized carbons (Fsp3) is 0.619. The second-order valence-corrected chi connectivity index (χ2v) is 17.2. The molecule has 254 valence electrons. The van der Waals surface area contributed by atoms with Gasteiger partial charge in [0.15, 0.2) is 13.2 Å². The molecule has 8 saturated carbocycles. The molecular formula is C42H50O6. The Morgan fingerprint density at radius 3 is 1.08 bits per heavy atom. The molecule has 8 aliphatic carbocycles. The van der Waals surface area contributed by atoms with Crippen molar-refractivity contribution in [1.29, 1.82) is 0 Å². The number of hydrogen-bond acceptors (Lipinski definition) is 6. The van der Waals surface area contributed by atoms with E-state index in [1.54, 1.807) is 0 Å². The zero-order valence-electron chi connectivity index (χ0n) is 28.6. The molecule has 6 heteroatoms. The first kappa shape index (κ1) is 30.8. The van der Waals surface area contributed by atoms with Crippen LogP contribution in [0.1, 0.15) is 90.9 Å². The van der Waals surface area contributed by atoms with Crippen molar-refractivity contribution in [2.45, 2.75) is 103 Å². The van der Waals surface area contributed by atoms with Crippen molar-refractivity contribution in [2.24, 2.45) is 46.3 Å². The molecule has 11 rings (SSSR count). The van der Waals surface area contributed by atoms with E-state index in [0.717, 1.165) is 57.1 Å². The van der Waals surface area contributed by atoms with Gasteiger partial charge in [0, 0.05) is 32.4 Å². The normalized spacial score (nSPS) is 35.5. The highest BCUT2D eigenvalue weighted by Gasteiger charge is 2.55. The molecule has 0 spiro atoms. The quantitative estimate of drug-likeness (QED) is 0.161. The SMILES string of the molecule is CC(OC(=O)COc1c2ccccc2c(OCC(=O)OC(C)C23CC4CC(CC(C4)C2)C3)c2ccccc12)C12CC3CC(CC(C3)C1)C2.